The lowest BCUT2D eigenvalue weighted by Crippen LogP contribution is -1.97. The Morgan fingerprint density at radius 1 is 0.400 bits per heavy atom. The number of allylic oxidation sites excluding steroid dienone is 1. The largest absolute Gasteiger partial charge is 0.494 e. The summed E-state index contributed by atoms with van der Waals surface area (Å²) >= 11 is 0. The third kappa shape index (κ3) is 8.43. The Morgan fingerprint density at radius 2 is 0.750 bits per heavy atom. The summed E-state index contributed by atoms with van der Waals surface area (Å²) in [6.07, 6.45) is 20.4. The Balaban J connectivity index is 1.19. The minimum atomic E-state index is 0.721. The molecule has 5 heteroatoms. The van der Waals surface area contributed by atoms with Gasteiger partial charge in [0.15, 0.2) is 0 Å². The molecule has 0 amide bonds. The third-order valence-corrected chi connectivity index (χ3v) is 11.4. The molecule has 0 saturated carbocycles. The van der Waals surface area contributed by atoms with Gasteiger partial charge in [0.25, 0.3) is 0 Å². The molecule has 0 radical (unpaired) electrons. The van der Waals surface area contributed by atoms with Crippen LogP contribution in [0.15, 0.2) is 152 Å². The van der Waals surface area contributed by atoms with E-state index in [0.717, 1.165) is 115 Å². The van der Waals surface area contributed by atoms with Gasteiger partial charge in [0.05, 0.1) is 29.4 Å². The monoisotopic (exact) mass is 782 g/mol. The number of hydrogen-bond acceptors (Lipinski definition) is 3. The number of H-pyrrole nitrogens is 2. The molecule has 0 aliphatic carbocycles. The van der Waals surface area contributed by atoms with E-state index in [0.29, 0.717) is 0 Å². The van der Waals surface area contributed by atoms with Gasteiger partial charge in [-0.2, -0.15) is 0 Å². The van der Waals surface area contributed by atoms with E-state index in [4.69, 9.17) is 14.7 Å². The molecule has 0 saturated heterocycles. The second-order valence-corrected chi connectivity index (χ2v) is 15.5. The first-order valence-electron chi connectivity index (χ1n) is 21.4. The van der Waals surface area contributed by atoms with Gasteiger partial charge >= 0.3 is 0 Å². The summed E-state index contributed by atoms with van der Waals surface area (Å²) in [6, 6.07) is 48.8. The van der Waals surface area contributed by atoms with E-state index in [1.165, 1.54) is 38.5 Å². The van der Waals surface area contributed by atoms with Gasteiger partial charge in [-0.05, 0) is 102 Å². The quantitative estimate of drug-likeness (QED) is 0.0804. The zero-order valence-corrected chi connectivity index (χ0v) is 34.0. The highest BCUT2D eigenvalue weighted by atomic mass is 16.5. The Labute approximate surface area is 352 Å². The number of nitrogens with one attached hydrogen (secondary N) is 2. The van der Waals surface area contributed by atoms with E-state index in [9.17, 15) is 0 Å². The van der Waals surface area contributed by atoms with Crippen molar-refractivity contribution < 1.29 is 4.74 Å². The number of ether oxygens (including phenoxy) is 1. The molecule has 2 aliphatic rings. The van der Waals surface area contributed by atoms with Crippen LogP contribution < -0.4 is 4.74 Å². The lowest BCUT2D eigenvalue weighted by molar-refractivity contribution is 0.304. The maximum absolute atomic E-state index is 6.25. The average molecular weight is 783 g/mol. The molecule has 9 rings (SSSR count). The molecule has 0 unspecified atom stereocenters. The first-order chi connectivity index (χ1) is 29.7. The van der Waals surface area contributed by atoms with Crippen LogP contribution in [-0.2, 0) is 0 Å². The summed E-state index contributed by atoms with van der Waals surface area (Å²) < 4.78 is 6.25. The van der Waals surface area contributed by atoms with E-state index in [2.05, 4.69) is 180 Å². The van der Waals surface area contributed by atoms with E-state index in [1.54, 1.807) is 0 Å². The summed E-state index contributed by atoms with van der Waals surface area (Å²) in [7, 11) is 0. The first kappa shape index (κ1) is 38.5. The van der Waals surface area contributed by atoms with Crippen molar-refractivity contribution in [2.75, 3.05) is 6.61 Å². The Bertz CT molecular complexity index is 2780. The number of nitrogens with zero attached hydrogens (tertiary/aromatic N) is 2. The van der Waals surface area contributed by atoms with E-state index >= 15 is 0 Å². The van der Waals surface area contributed by atoms with Gasteiger partial charge in [-0.3, -0.25) is 0 Å². The Morgan fingerprint density at radius 3 is 1.13 bits per heavy atom. The molecule has 5 heterocycles. The van der Waals surface area contributed by atoms with E-state index in [1.807, 2.05) is 6.08 Å². The highest BCUT2D eigenvalue weighted by Crippen LogP contribution is 2.38. The molecule has 4 aromatic carbocycles. The molecule has 0 fully saturated rings. The molecule has 296 valence electrons. The van der Waals surface area contributed by atoms with Crippen molar-refractivity contribution in [2.45, 2.75) is 51.4 Å². The predicted molar refractivity (Wildman–Crippen MR) is 253 cm³/mol. The SMILES string of the molecule is C=CCCCCCCCCCOc1ccc(-c2c3nc(c(-c4ccccc4)c4ccc([nH]4)c(-c4ccccc4)c4nc(c(-c5ccccc5)c5ccc2[nH]5)C=C4)C=C3)cc1. The standard InChI is InChI=1S/C55H50N4O/c1-2-3-4-5-6-7-8-9-19-38-60-43-28-26-42(27-29-43)55-50-36-34-48(58-50)53(40-22-15-11-16-23-40)46-32-30-44(56-46)52(39-20-13-10-14-21-39)45-31-33-47(57-45)54(41-24-17-12-18-25-41)49-35-37-51(55)59-49/h2,10-18,20-37,56,59H,1,3-9,19,38H2. The minimum absolute atomic E-state index is 0.721. The van der Waals surface area contributed by atoms with Crippen LogP contribution in [0.1, 0.15) is 74.1 Å². The smallest absolute Gasteiger partial charge is 0.119 e. The number of aromatic amines is 2. The summed E-state index contributed by atoms with van der Waals surface area (Å²) in [5.74, 6) is 0.881. The summed E-state index contributed by atoms with van der Waals surface area (Å²) in [5, 5.41) is 0. The van der Waals surface area contributed by atoms with Gasteiger partial charge < -0.3 is 14.7 Å². The fourth-order valence-corrected chi connectivity index (χ4v) is 8.42. The lowest BCUT2D eigenvalue weighted by Gasteiger charge is -2.09. The average Bonchev–Trinajstić information content (AvgIpc) is 4.14. The van der Waals surface area contributed by atoms with Crippen LogP contribution in [0, 0.1) is 0 Å². The molecule has 3 aromatic heterocycles. The molecular weight excluding hydrogens is 733 g/mol. The predicted octanol–water partition coefficient (Wildman–Crippen LogP) is 15.0. The zero-order chi connectivity index (χ0) is 40.5. The van der Waals surface area contributed by atoms with Crippen LogP contribution in [0.3, 0.4) is 0 Å². The van der Waals surface area contributed by atoms with Crippen LogP contribution >= 0.6 is 0 Å². The van der Waals surface area contributed by atoms with E-state index < -0.39 is 0 Å². The minimum Gasteiger partial charge on any atom is -0.494 e. The molecule has 5 nitrogen and oxygen atoms in total. The van der Waals surface area contributed by atoms with Crippen molar-refractivity contribution in [3.8, 4) is 50.3 Å². The van der Waals surface area contributed by atoms with Crippen molar-refractivity contribution in [3.05, 3.63) is 175 Å². The summed E-state index contributed by atoms with van der Waals surface area (Å²) in [5.41, 5.74) is 15.9. The highest BCUT2D eigenvalue weighted by molar-refractivity contribution is 5.99. The van der Waals surface area contributed by atoms with Crippen molar-refractivity contribution in [1.29, 1.82) is 0 Å². The van der Waals surface area contributed by atoms with Crippen LogP contribution in [0.4, 0.5) is 0 Å². The fourth-order valence-electron chi connectivity index (χ4n) is 8.42. The normalized spacial score (nSPS) is 11.9. The fraction of sp³-hybridized carbons (Fsp3) is 0.164. The molecule has 8 bridgehead atoms. The zero-order valence-electron chi connectivity index (χ0n) is 34.0. The Hall–Kier alpha value is -6.98. The molecule has 0 atom stereocenters. The summed E-state index contributed by atoms with van der Waals surface area (Å²) in [4.78, 5) is 18.5. The van der Waals surface area contributed by atoms with Crippen molar-refractivity contribution in [1.82, 2.24) is 19.9 Å². The van der Waals surface area contributed by atoms with Crippen molar-refractivity contribution in [3.63, 3.8) is 0 Å². The molecular formula is C55H50N4O. The third-order valence-electron chi connectivity index (χ3n) is 11.4. The highest BCUT2D eigenvalue weighted by Gasteiger charge is 2.19. The van der Waals surface area contributed by atoms with Gasteiger partial charge in [-0.25, -0.2) is 9.97 Å². The maximum Gasteiger partial charge on any atom is 0.119 e. The second kappa shape index (κ2) is 18.3. The van der Waals surface area contributed by atoms with Gasteiger partial charge in [-0.15, -0.1) is 6.58 Å². The van der Waals surface area contributed by atoms with Gasteiger partial charge in [0.1, 0.15) is 5.75 Å². The molecule has 0 spiro atoms. The van der Waals surface area contributed by atoms with Crippen molar-refractivity contribution in [2.24, 2.45) is 0 Å². The lowest BCUT2D eigenvalue weighted by atomic mass is 10.0. The number of benzene rings is 4. The number of unbranched alkanes of at least 4 members (excludes halogenated alkanes) is 7. The Kier molecular flexibility index (Phi) is 11.8. The molecule has 60 heavy (non-hydrogen) atoms. The van der Waals surface area contributed by atoms with Gasteiger partial charge in [0.2, 0.25) is 0 Å². The van der Waals surface area contributed by atoms with Gasteiger partial charge in [-0.1, -0.05) is 141 Å². The topological polar surface area (TPSA) is 66.6 Å². The van der Waals surface area contributed by atoms with Crippen LogP contribution in [-0.4, -0.2) is 26.5 Å². The molecule has 2 N–H and O–H groups in total. The van der Waals surface area contributed by atoms with Crippen LogP contribution in [0.2, 0.25) is 0 Å². The first-order valence-corrected chi connectivity index (χ1v) is 21.4. The molecule has 7 aromatic rings. The number of rotatable bonds is 15. The number of aromatic nitrogens is 4. The second-order valence-electron chi connectivity index (χ2n) is 15.5. The number of fused-ring (bicyclic) bond motifs is 8. The number of hydrogen-bond donors (Lipinski definition) is 2. The van der Waals surface area contributed by atoms with Gasteiger partial charge in [0, 0.05) is 44.3 Å². The van der Waals surface area contributed by atoms with Crippen LogP contribution in [0.25, 0.3) is 90.9 Å². The van der Waals surface area contributed by atoms with Crippen molar-refractivity contribution >= 4 is 46.4 Å². The van der Waals surface area contributed by atoms with Crippen LogP contribution in [0.5, 0.6) is 5.75 Å². The van der Waals surface area contributed by atoms with E-state index in [-0.39, 0.29) is 0 Å². The summed E-state index contributed by atoms with van der Waals surface area (Å²) in [6.45, 7) is 4.55. The molecule has 2 aliphatic heterocycles. The maximum atomic E-state index is 6.25.